The highest BCUT2D eigenvalue weighted by Gasteiger charge is 2.23. The van der Waals surface area contributed by atoms with E-state index in [1.807, 2.05) is 6.92 Å². The first kappa shape index (κ1) is 20.6. The van der Waals surface area contributed by atoms with Gasteiger partial charge in [-0.1, -0.05) is 31.0 Å². The Labute approximate surface area is 179 Å². The summed E-state index contributed by atoms with van der Waals surface area (Å²) in [6, 6.07) is 4.93. The Morgan fingerprint density at radius 2 is 1.93 bits per heavy atom. The number of imidazole rings is 1. The molecule has 2 aliphatic rings. The summed E-state index contributed by atoms with van der Waals surface area (Å²) in [4.78, 5) is 29.1. The van der Waals surface area contributed by atoms with Gasteiger partial charge in [0.2, 0.25) is 12.7 Å². The molecule has 4 rings (SSSR count). The highest BCUT2D eigenvalue weighted by Crippen LogP contribution is 2.35. The summed E-state index contributed by atoms with van der Waals surface area (Å²) in [7, 11) is 0. The van der Waals surface area contributed by atoms with Crippen molar-refractivity contribution in [3.8, 4) is 11.5 Å². The van der Waals surface area contributed by atoms with E-state index < -0.39 is 6.03 Å². The molecule has 1 saturated carbocycles. The van der Waals surface area contributed by atoms with Crippen molar-refractivity contribution in [1.29, 1.82) is 0 Å². The molecule has 0 bridgehead atoms. The lowest BCUT2D eigenvalue weighted by molar-refractivity contribution is -0.117. The van der Waals surface area contributed by atoms with Crippen LogP contribution in [-0.4, -0.2) is 34.0 Å². The number of imide groups is 1. The number of urea groups is 1. The van der Waals surface area contributed by atoms with Gasteiger partial charge in [-0.05, 0) is 38.8 Å². The maximum atomic E-state index is 12.3. The topological polar surface area (TPSA) is 94.5 Å². The zero-order valence-electron chi connectivity index (χ0n) is 17.2. The maximum absolute atomic E-state index is 12.3. The van der Waals surface area contributed by atoms with E-state index in [1.165, 1.54) is 31.0 Å². The van der Waals surface area contributed by atoms with Crippen LogP contribution in [0.15, 0.2) is 23.4 Å². The second-order valence-corrected chi connectivity index (χ2v) is 8.53. The van der Waals surface area contributed by atoms with E-state index in [2.05, 4.69) is 27.1 Å². The number of rotatable bonds is 5. The van der Waals surface area contributed by atoms with Crippen molar-refractivity contribution >= 4 is 29.4 Å². The fourth-order valence-corrected chi connectivity index (χ4v) is 4.86. The van der Waals surface area contributed by atoms with Gasteiger partial charge in [-0.2, -0.15) is 0 Å². The lowest BCUT2D eigenvalue weighted by Gasteiger charge is -2.26. The minimum Gasteiger partial charge on any atom is -0.454 e. The molecule has 1 aliphatic heterocycles. The van der Waals surface area contributed by atoms with E-state index in [0.717, 1.165) is 29.4 Å². The molecule has 0 saturated heterocycles. The molecule has 2 aromatic rings. The number of carbonyl (C=O) groups excluding carboxylic acids is 2. The van der Waals surface area contributed by atoms with Crippen LogP contribution in [0.25, 0.3) is 0 Å². The number of nitrogens with one attached hydrogen (secondary N) is 2. The standard InChI is InChI=1S/C21H26N4O4S/c1-13-14(2)25(16-6-4-3-5-7-16)21(22-13)30-11-19(26)24-20(27)23-15-8-9-17-18(10-15)29-12-28-17/h8-10,16H,3-7,11-12H2,1-2H3,(H2,23,24,26,27). The number of benzene rings is 1. The quantitative estimate of drug-likeness (QED) is 0.692. The fourth-order valence-electron chi connectivity index (χ4n) is 3.90. The van der Waals surface area contributed by atoms with Crippen LogP contribution in [0.4, 0.5) is 10.5 Å². The molecule has 2 heterocycles. The van der Waals surface area contributed by atoms with E-state index >= 15 is 0 Å². The summed E-state index contributed by atoms with van der Waals surface area (Å²) in [5.74, 6) is 0.950. The van der Waals surface area contributed by atoms with Crippen molar-refractivity contribution in [2.24, 2.45) is 0 Å². The van der Waals surface area contributed by atoms with E-state index in [4.69, 9.17) is 9.47 Å². The number of nitrogens with zero attached hydrogens (tertiary/aromatic N) is 2. The Balaban J connectivity index is 1.32. The van der Waals surface area contributed by atoms with Crippen LogP contribution in [0.5, 0.6) is 11.5 Å². The number of aryl methyl sites for hydroxylation is 1. The average Bonchev–Trinajstić information content (AvgIpc) is 3.31. The number of ether oxygens (including phenoxy) is 2. The van der Waals surface area contributed by atoms with Gasteiger partial charge in [0, 0.05) is 23.5 Å². The molecule has 9 heteroatoms. The number of amides is 3. The Morgan fingerprint density at radius 3 is 2.73 bits per heavy atom. The van der Waals surface area contributed by atoms with E-state index in [0.29, 0.717) is 23.2 Å². The third kappa shape index (κ3) is 4.56. The molecular formula is C21H26N4O4S. The van der Waals surface area contributed by atoms with E-state index in [9.17, 15) is 9.59 Å². The van der Waals surface area contributed by atoms with Crippen molar-refractivity contribution < 1.29 is 19.1 Å². The number of anilines is 1. The zero-order valence-corrected chi connectivity index (χ0v) is 18.0. The number of aromatic nitrogens is 2. The van der Waals surface area contributed by atoms with Crippen molar-refractivity contribution in [1.82, 2.24) is 14.9 Å². The zero-order chi connectivity index (χ0) is 21.1. The minimum absolute atomic E-state index is 0.122. The monoisotopic (exact) mass is 430 g/mol. The number of hydrogen-bond acceptors (Lipinski definition) is 6. The van der Waals surface area contributed by atoms with Crippen molar-refractivity contribution in [2.45, 2.75) is 57.1 Å². The molecule has 1 aromatic heterocycles. The molecule has 1 aromatic carbocycles. The van der Waals surface area contributed by atoms with Gasteiger partial charge in [0.25, 0.3) is 0 Å². The molecular weight excluding hydrogens is 404 g/mol. The molecule has 3 amide bonds. The first-order chi connectivity index (χ1) is 14.5. The third-order valence-electron chi connectivity index (χ3n) is 5.51. The molecule has 1 aliphatic carbocycles. The normalized spacial score (nSPS) is 15.8. The van der Waals surface area contributed by atoms with Crippen LogP contribution in [0.3, 0.4) is 0 Å². The van der Waals surface area contributed by atoms with Crippen molar-refractivity contribution in [2.75, 3.05) is 17.9 Å². The molecule has 0 radical (unpaired) electrons. The van der Waals surface area contributed by atoms with Gasteiger partial charge < -0.3 is 19.4 Å². The molecule has 160 valence electrons. The predicted octanol–water partition coefficient (Wildman–Crippen LogP) is 4.17. The molecule has 30 heavy (non-hydrogen) atoms. The average molecular weight is 431 g/mol. The largest absolute Gasteiger partial charge is 0.454 e. The Kier molecular flexibility index (Phi) is 6.17. The summed E-state index contributed by atoms with van der Waals surface area (Å²) in [5, 5.41) is 5.86. The van der Waals surface area contributed by atoms with Crippen LogP contribution in [0.1, 0.15) is 49.5 Å². The van der Waals surface area contributed by atoms with Crippen molar-refractivity contribution in [3.05, 3.63) is 29.6 Å². The first-order valence-electron chi connectivity index (χ1n) is 10.2. The number of carbonyl (C=O) groups is 2. The molecule has 8 nitrogen and oxygen atoms in total. The second-order valence-electron chi connectivity index (χ2n) is 7.59. The van der Waals surface area contributed by atoms with Crippen LogP contribution < -0.4 is 20.1 Å². The lowest BCUT2D eigenvalue weighted by Crippen LogP contribution is -2.35. The third-order valence-corrected chi connectivity index (χ3v) is 6.46. The summed E-state index contributed by atoms with van der Waals surface area (Å²) in [5.41, 5.74) is 2.67. The summed E-state index contributed by atoms with van der Waals surface area (Å²) < 4.78 is 12.8. The van der Waals surface area contributed by atoms with Gasteiger partial charge in [-0.25, -0.2) is 9.78 Å². The van der Waals surface area contributed by atoms with Crippen LogP contribution in [0.2, 0.25) is 0 Å². The summed E-state index contributed by atoms with van der Waals surface area (Å²) in [6.45, 7) is 4.24. The molecule has 0 spiro atoms. The number of hydrogen-bond donors (Lipinski definition) is 2. The Morgan fingerprint density at radius 1 is 1.17 bits per heavy atom. The van der Waals surface area contributed by atoms with Crippen LogP contribution in [0, 0.1) is 13.8 Å². The van der Waals surface area contributed by atoms with Crippen LogP contribution in [-0.2, 0) is 4.79 Å². The van der Waals surface area contributed by atoms with E-state index in [1.54, 1.807) is 18.2 Å². The molecule has 2 N–H and O–H groups in total. The van der Waals surface area contributed by atoms with Gasteiger partial charge in [0.15, 0.2) is 16.7 Å². The minimum atomic E-state index is -0.581. The molecule has 1 fully saturated rings. The number of thioether (sulfide) groups is 1. The van der Waals surface area contributed by atoms with Gasteiger partial charge in [-0.3, -0.25) is 10.1 Å². The van der Waals surface area contributed by atoms with E-state index in [-0.39, 0.29) is 18.5 Å². The fraction of sp³-hybridized carbons (Fsp3) is 0.476. The molecule has 0 atom stereocenters. The molecule has 0 unspecified atom stereocenters. The summed E-state index contributed by atoms with van der Waals surface area (Å²) in [6.07, 6.45) is 6.03. The smallest absolute Gasteiger partial charge is 0.325 e. The lowest BCUT2D eigenvalue weighted by atomic mass is 9.95. The number of fused-ring (bicyclic) bond motifs is 1. The Bertz CT molecular complexity index is 953. The first-order valence-corrected chi connectivity index (χ1v) is 11.2. The predicted molar refractivity (Wildman–Crippen MR) is 114 cm³/mol. The highest BCUT2D eigenvalue weighted by atomic mass is 32.2. The SMILES string of the molecule is Cc1nc(SCC(=O)NC(=O)Nc2ccc3c(c2)OCO3)n(C2CCCCC2)c1C. The summed E-state index contributed by atoms with van der Waals surface area (Å²) >= 11 is 1.37. The second kappa shape index (κ2) is 8.99. The van der Waals surface area contributed by atoms with Crippen molar-refractivity contribution in [3.63, 3.8) is 0 Å². The maximum Gasteiger partial charge on any atom is 0.325 e. The van der Waals surface area contributed by atoms with Gasteiger partial charge in [0.1, 0.15) is 0 Å². The van der Waals surface area contributed by atoms with Gasteiger partial charge in [0.05, 0.1) is 11.4 Å². The van der Waals surface area contributed by atoms with Crippen LogP contribution >= 0.6 is 11.8 Å². The van der Waals surface area contributed by atoms with Gasteiger partial charge in [-0.15, -0.1) is 0 Å². The van der Waals surface area contributed by atoms with Gasteiger partial charge >= 0.3 is 6.03 Å². The Hall–Kier alpha value is -2.68. The highest BCUT2D eigenvalue weighted by molar-refractivity contribution is 7.99.